The summed E-state index contributed by atoms with van der Waals surface area (Å²) in [6.45, 7) is 3.48. The van der Waals surface area contributed by atoms with E-state index in [-0.39, 0.29) is 18.4 Å². The molecule has 0 unspecified atom stereocenters. The summed E-state index contributed by atoms with van der Waals surface area (Å²) >= 11 is 0. The van der Waals surface area contributed by atoms with E-state index in [1.165, 1.54) is 6.20 Å². The number of carbonyl (C=O) groups is 2. The summed E-state index contributed by atoms with van der Waals surface area (Å²) < 4.78 is 9.01. The van der Waals surface area contributed by atoms with Crippen molar-refractivity contribution < 1.29 is 19.1 Å². The van der Waals surface area contributed by atoms with Crippen molar-refractivity contribution in [3.63, 3.8) is 0 Å². The molecule has 1 N–H and O–H groups in total. The minimum absolute atomic E-state index is 0.0973. The zero-order valence-electron chi connectivity index (χ0n) is 7.49. The molecule has 0 spiro atoms. The molecular weight excluding hydrogens is 174 g/mol. The molecule has 1 fully saturated rings. The summed E-state index contributed by atoms with van der Waals surface area (Å²) in [7, 11) is 0. The minimum atomic E-state index is -0.649. The van der Waals surface area contributed by atoms with Crippen molar-refractivity contribution in [3.05, 3.63) is 11.8 Å². The third kappa shape index (κ3) is 2.47. The maximum Gasteiger partial charge on any atom is 0.349 e. The zero-order chi connectivity index (χ0) is 9.84. The molecule has 1 rings (SSSR count). The summed E-state index contributed by atoms with van der Waals surface area (Å²) in [6, 6.07) is 0.148. The summed E-state index contributed by atoms with van der Waals surface area (Å²) in [5, 5.41) is 2.81. The lowest BCUT2D eigenvalue weighted by atomic mass is 10.3. The Bertz CT molecular complexity index is 239. The van der Waals surface area contributed by atoms with Crippen molar-refractivity contribution in [2.45, 2.75) is 19.9 Å². The third-order valence-electron chi connectivity index (χ3n) is 1.38. The molecule has 5 heteroatoms. The predicted molar refractivity (Wildman–Crippen MR) is 43.4 cm³/mol. The van der Waals surface area contributed by atoms with E-state index in [0.717, 1.165) is 0 Å². The van der Waals surface area contributed by atoms with Gasteiger partial charge in [-0.3, -0.25) is 0 Å². The van der Waals surface area contributed by atoms with Crippen molar-refractivity contribution in [1.82, 2.24) is 5.32 Å². The molecule has 0 aromatic carbocycles. The Morgan fingerprint density at radius 1 is 1.31 bits per heavy atom. The first kappa shape index (κ1) is 9.57. The predicted octanol–water partition coefficient (Wildman–Crippen LogP) is -0.0742. The van der Waals surface area contributed by atoms with E-state index in [9.17, 15) is 9.59 Å². The molecule has 1 aliphatic heterocycles. The quantitative estimate of drug-likeness (QED) is 0.370. The molecule has 0 atom stereocenters. The second kappa shape index (κ2) is 3.93. The summed E-state index contributed by atoms with van der Waals surface area (Å²) in [6.07, 6.45) is 1.31. The van der Waals surface area contributed by atoms with Crippen LogP contribution in [-0.2, 0) is 19.1 Å². The average molecular weight is 185 g/mol. The molecule has 0 saturated carbocycles. The van der Waals surface area contributed by atoms with Crippen LogP contribution in [0.25, 0.3) is 0 Å². The lowest BCUT2D eigenvalue weighted by molar-refractivity contribution is -0.172. The Morgan fingerprint density at radius 3 is 2.31 bits per heavy atom. The fourth-order valence-electron chi connectivity index (χ4n) is 0.743. The van der Waals surface area contributed by atoms with Gasteiger partial charge in [0.25, 0.3) is 0 Å². The molecule has 1 saturated heterocycles. The molecule has 0 aromatic heterocycles. The van der Waals surface area contributed by atoms with Gasteiger partial charge in [-0.2, -0.15) is 0 Å². The van der Waals surface area contributed by atoms with Crippen LogP contribution in [0.15, 0.2) is 11.8 Å². The van der Waals surface area contributed by atoms with E-state index in [2.05, 4.69) is 14.8 Å². The van der Waals surface area contributed by atoms with Gasteiger partial charge in [-0.25, -0.2) is 9.59 Å². The lowest BCUT2D eigenvalue weighted by Gasteiger charge is -2.14. The maximum atomic E-state index is 11.0. The van der Waals surface area contributed by atoms with Crippen LogP contribution in [0.4, 0.5) is 0 Å². The van der Waals surface area contributed by atoms with Crippen LogP contribution >= 0.6 is 0 Å². The summed E-state index contributed by atoms with van der Waals surface area (Å²) in [5.41, 5.74) is -0.0973. The monoisotopic (exact) mass is 185 g/mol. The number of cyclic esters (lactones) is 2. The highest BCUT2D eigenvalue weighted by Gasteiger charge is 2.26. The van der Waals surface area contributed by atoms with Gasteiger partial charge in [0.05, 0.1) is 0 Å². The second-order valence-corrected chi connectivity index (χ2v) is 2.86. The molecule has 0 bridgehead atoms. The Balaban J connectivity index is 2.68. The zero-order valence-corrected chi connectivity index (χ0v) is 7.49. The van der Waals surface area contributed by atoms with E-state index in [1.54, 1.807) is 0 Å². The highest BCUT2D eigenvalue weighted by Crippen LogP contribution is 2.06. The molecular formula is C8H11NO4. The van der Waals surface area contributed by atoms with E-state index >= 15 is 0 Å². The van der Waals surface area contributed by atoms with Gasteiger partial charge in [0, 0.05) is 12.2 Å². The van der Waals surface area contributed by atoms with Gasteiger partial charge < -0.3 is 14.8 Å². The van der Waals surface area contributed by atoms with Crippen molar-refractivity contribution in [1.29, 1.82) is 0 Å². The highest BCUT2D eigenvalue weighted by atomic mass is 16.7. The average Bonchev–Trinajstić information content (AvgIpc) is 2.03. The number of hydrogen-bond acceptors (Lipinski definition) is 5. The number of carbonyl (C=O) groups excluding carboxylic acids is 2. The smallest absolute Gasteiger partial charge is 0.349 e. The van der Waals surface area contributed by atoms with E-state index in [4.69, 9.17) is 0 Å². The Hall–Kier alpha value is -1.52. The Morgan fingerprint density at radius 2 is 1.85 bits per heavy atom. The minimum Gasteiger partial charge on any atom is -0.424 e. The van der Waals surface area contributed by atoms with Gasteiger partial charge in [-0.1, -0.05) is 0 Å². The van der Waals surface area contributed by atoms with Crippen LogP contribution in [0.3, 0.4) is 0 Å². The maximum absolute atomic E-state index is 11.0. The summed E-state index contributed by atoms with van der Waals surface area (Å²) in [4.78, 5) is 22.0. The van der Waals surface area contributed by atoms with E-state index < -0.39 is 11.9 Å². The standard InChI is InChI=1S/C8H11NO4/c1-5(2)9-3-6-7(10)12-4-13-8(6)11/h3,5,9H,4H2,1-2H3. The molecule has 0 aliphatic carbocycles. The molecule has 0 radical (unpaired) electrons. The number of hydrogen-bond donors (Lipinski definition) is 1. The largest absolute Gasteiger partial charge is 0.424 e. The molecule has 13 heavy (non-hydrogen) atoms. The van der Waals surface area contributed by atoms with Gasteiger partial charge in [-0.15, -0.1) is 0 Å². The van der Waals surface area contributed by atoms with Crippen molar-refractivity contribution >= 4 is 11.9 Å². The van der Waals surface area contributed by atoms with Gasteiger partial charge >= 0.3 is 11.9 Å². The van der Waals surface area contributed by atoms with Crippen LogP contribution in [0.2, 0.25) is 0 Å². The lowest BCUT2D eigenvalue weighted by Crippen LogP contribution is -2.29. The van der Waals surface area contributed by atoms with E-state index in [0.29, 0.717) is 0 Å². The molecule has 72 valence electrons. The SMILES string of the molecule is CC(C)NC=C1C(=O)OCOC1=O. The second-order valence-electron chi connectivity index (χ2n) is 2.86. The van der Waals surface area contributed by atoms with Crippen LogP contribution in [-0.4, -0.2) is 24.8 Å². The van der Waals surface area contributed by atoms with Crippen LogP contribution in [0.5, 0.6) is 0 Å². The first-order chi connectivity index (χ1) is 6.11. The van der Waals surface area contributed by atoms with Gasteiger partial charge in [0.2, 0.25) is 6.79 Å². The van der Waals surface area contributed by atoms with Gasteiger partial charge in [-0.05, 0) is 13.8 Å². The molecule has 1 heterocycles. The van der Waals surface area contributed by atoms with E-state index in [1.807, 2.05) is 13.8 Å². The number of nitrogens with one attached hydrogen (secondary N) is 1. The van der Waals surface area contributed by atoms with Crippen molar-refractivity contribution in [2.24, 2.45) is 0 Å². The van der Waals surface area contributed by atoms with Crippen molar-refractivity contribution in [2.75, 3.05) is 6.79 Å². The normalized spacial score (nSPS) is 16.7. The summed E-state index contributed by atoms with van der Waals surface area (Å²) in [5.74, 6) is -1.30. The molecule has 1 aliphatic rings. The third-order valence-corrected chi connectivity index (χ3v) is 1.38. The van der Waals surface area contributed by atoms with Gasteiger partial charge in [0.15, 0.2) is 5.57 Å². The topological polar surface area (TPSA) is 64.6 Å². The fraction of sp³-hybridized carbons (Fsp3) is 0.500. The van der Waals surface area contributed by atoms with Crippen LogP contribution in [0.1, 0.15) is 13.8 Å². The molecule has 0 aromatic rings. The Kier molecular flexibility index (Phi) is 2.89. The number of rotatable bonds is 2. The van der Waals surface area contributed by atoms with Crippen molar-refractivity contribution in [3.8, 4) is 0 Å². The first-order valence-corrected chi connectivity index (χ1v) is 3.91. The number of ether oxygens (including phenoxy) is 2. The fourth-order valence-corrected chi connectivity index (χ4v) is 0.743. The number of esters is 2. The van der Waals surface area contributed by atoms with Gasteiger partial charge in [0.1, 0.15) is 0 Å². The molecule has 0 amide bonds. The Labute approximate surface area is 75.7 Å². The molecule has 5 nitrogen and oxygen atoms in total. The van der Waals surface area contributed by atoms with Crippen LogP contribution < -0.4 is 5.32 Å². The first-order valence-electron chi connectivity index (χ1n) is 3.91. The van der Waals surface area contributed by atoms with Crippen LogP contribution in [0, 0.1) is 0 Å². The highest BCUT2D eigenvalue weighted by molar-refractivity contribution is 6.14.